The number of halogens is 1. The molecular formula is C9H16ClN3O. The van der Waals surface area contributed by atoms with Gasteiger partial charge in [0.25, 0.3) is 0 Å². The summed E-state index contributed by atoms with van der Waals surface area (Å²) < 4.78 is 6.61. The molecule has 0 aliphatic rings. The summed E-state index contributed by atoms with van der Waals surface area (Å²) in [5.74, 6) is 0. The third-order valence-corrected chi connectivity index (χ3v) is 2.53. The molecule has 0 aliphatic heterocycles. The fraction of sp³-hybridized carbons (Fsp3) is 0.667. The zero-order valence-corrected chi connectivity index (χ0v) is 9.56. The lowest BCUT2D eigenvalue weighted by molar-refractivity contribution is 0.199. The molecule has 0 saturated carbocycles. The Bertz CT molecular complexity index is 298. The largest absolute Gasteiger partial charge is 0.383 e. The molecule has 1 aromatic heterocycles. The first-order valence-electron chi connectivity index (χ1n) is 4.54. The molecule has 0 atom stereocenters. The Morgan fingerprint density at radius 3 is 2.79 bits per heavy atom. The van der Waals surface area contributed by atoms with Gasteiger partial charge in [-0.2, -0.15) is 5.10 Å². The number of ether oxygens (including phenoxy) is 1. The van der Waals surface area contributed by atoms with Crippen molar-refractivity contribution in [1.29, 1.82) is 0 Å². The van der Waals surface area contributed by atoms with Gasteiger partial charge in [-0.1, -0.05) is 11.6 Å². The lowest BCUT2D eigenvalue weighted by atomic mass is 10.2. The third-order valence-electron chi connectivity index (χ3n) is 2.05. The van der Waals surface area contributed by atoms with Crippen molar-refractivity contribution >= 4 is 11.6 Å². The van der Waals surface area contributed by atoms with Gasteiger partial charge in [-0.25, -0.2) is 0 Å². The molecular weight excluding hydrogens is 202 g/mol. The van der Waals surface area contributed by atoms with Crippen LogP contribution in [0.3, 0.4) is 0 Å². The number of nitrogens with zero attached hydrogens (tertiary/aromatic N) is 2. The van der Waals surface area contributed by atoms with E-state index in [9.17, 15) is 0 Å². The van der Waals surface area contributed by atoms with Gasteiger partial charge in [0.05, 0.1) is 12.3 Å². The summed E-state index contributed by atoms with van der Waals surface area (Å²) in [6.45, 7) is 4.22. The van der Waals surface area contributed by atoms with Gasteiger partial charge >= 0.3 is 0 Å². The summed E-state index contributed by atoms with van der Waals surface area (Å²) in [7, 11) is 3.53. The lowest BCUT2D eigenvalue weighted by Gasteiger charge is -2.03. The van der Waals surface area contributed by atoms with Crippen molar-refractivity contribution in [3.8, 4) is 0 Å². The molecule has 0 bridgehead atoms. The Morgan fingerprint density at radius 1 is 1.57 bits per heavy atom. The highest BCUT2D eigenvalue weighted by molar-refractivity contribution is 6.30. The molecule has 0 amide bonds. The Morgan fingerprint density at radius 2 is 2.29 bits per heavy atom. The lowest BCUT2D eigenvalue weighted by Crippen LogP contribution is -2.18. The van der Waals surface area contributed by atoms with Gasteiger partial charge in [0.2, 0.25) is 0 Å². The van der Waals surface area contributed by atoms with Crippen LogP contribution in [0.15, 0.2) is 0 Å². The van der Waals surface area contributed by atoms with E-state index in [4.69, 9.17) is 16.3 Å². The molecule has 0 aliphatic carbocycles. The number of methoxy groups -OCH3 is 1. The summed E-state index contributed by atoms with van der Waals surface area (Å²) in [5, 5.41) is 8.16. The van der Waals surface area contributed by atoms with Crippen LogP contribution in [0, 0.1) is 6.92 Å². The van der Waals surface area contributed by atoms with E-state index in [1.807, 2.05) is 14.0 Å². The van der Waals surface area contributed by atoms with Crippen LogP contribution in [0.5, 0.6) is 0 Å². The average Bonchev–Trinajstić information content (AvgIpc) is 2.38. The van der Waals surface area contributed by atoms with Crippen molar-refractivity contribution < 1.29 is 4.74 Å². The molecule has 0 aromatic carbocycles. The van der Waals surface area contributed by atoms with Crippen LogP contribution in [0.2, 0.25) is 5.15 Å². The highest BCUT2D eigenvalue weighted by atomic mass is 35.5. The number of nitrogens with one attached hydrogen (secondary N) is 1. The van der Waals surface area contributed by atoms with Gasteiger partial charge in [0, 0.05) is 32.8 Å². The number of aryl methyl sites for hydroxylation is 2. The standard InChI is InChI=1S/C9H16ClN3O/c1-7-8(6-11-4-5-14-3)9(10)13(2)12-7/h11H,4-6H2,1-3H3. The highest BCUT2D eigenvalue weighted by Gasteiger charge is 2.09. The SMILES string of the molecule is COCCNCc1c(C)nn(C)c1Cl. The van der Waals surface area contributed by atoms with E-state index in [0.717, 1.165) is 24.3 Å². The maximum absolute atomic E-state index is 6.06. The second-order valence-corrected chi connectivity index (χ2v) is 3.51. The normalized spacial score (nSPS) is 10.9. The molecule has 0 saturated heterocycles. The summed E-state index contributed by atoms with van der Waals surface area (Å²) in [6.07, 6.45) is 0. The second kappa shape index (κ2) is 5.34. The molecule has 5 heteroatoms. The van der Waals surface area contributed by atoms with Crippen LogP contribution in [0.1, 0.15) is 11.3 Å². The maximum Gasteiger partial charge on any atom is 0.131 e. The van der Waals surface area contributed by atoms with Crippen LogP contribution < -0.4 is 5.32 Å². The maximum atomic E-state index is 6.06. The van der Waals surface area contributed by atoms with Gasteiger partial charge in [0.1, 0.15) is 5.15 Å². The number of rotatable bonds is 5. The molecule has 4 nitrogen and oxygen atoms in total. The van der Waals surface area contributed by atoms with Crippen molar-refractivity contribution in [1.82, 2.24) is 15.1 Å². The van der Waals surface area contributed by atoms with Crippen molar-refractivity contribution in [2.75, 3.05) is 20.3 Å². The predicted molar refractivity (Wildman–Crippen MR) is 56.5 cm³/mol. The molecule has 0 fully saturated rings. The molecule has 1 N–H and O–H groups in total. The Hall–Kier alpha value is -0.580. The molecule has 1 rings (SSSR count). The zero-order chi connectivity index (χ0) is 10.6. The smallest absolute Gasteiger partial charge is 0.131 e. The minimum atomic E-state index is 0.701. The first-order valence-corrected chi connectivity index (χ1v) is 4.92. The van der Waals surface area contributed by atoms with Crippen molar-refractivity contribution in [3.63, 3.8) is 0 Å². The van der Waals surface area contributed by atoms with Crippen molar-refractivity contribution in [2.24, 2.45) is 7.05 Å². The first kappa shape index (κ1) is 11.5. The number of hydrogen-bond donors (Lipinski definition) is 1. The van der Waals surface area contributed by atoms with Crippen LogP contribution in [-0.2, 0) is 18.3 Å². The second-order valence-electron chi connectivity index (χ2n) is 3.15. The minimum Gasteiger partial charge on any atom is -0.383 e. The van der Waals surface area contributed by atoms with Gasteiger partial charge < -0.3 is 10.1 Å². The van der Waals surface area contributed by atoms with E-state index < -0.39 is 0 Å². The summed E-state index contributed by atoms with van der Waals surface area (Å²) in [4.78, 5) is 0. The fourth-order valence-electron chi connectivity index (χ4n) is 1.26. The third kappa shape index (κ3) is 2.70. The van der Waals surface area contributed by atoms with E-state index in [1.165, 1.54) is 0 Å². The van der Waals surface area contributed by atoms with Crippen molar-refractivity contribution in [3.05, 3.63) is 16.4 Å². The van der Waals surface area contributed by atoms with E-state index in [1.54, 1.807) is 11.8 Å². The van der Waals surface area contributed by atoms with Crippen LogP contribution >= 0.6 is 11.6 Å². The monoisotopic (exact) mass is 217 g/mol. The van der Waals surface area contributed by atoms with E-state index in [0.29, 0.717) is 11.8 Å². The van der Waals surface area contributed by atoms with Crippen LogP contribution in [0.4, 0.5) is 0 Å². The predicted octanol–water partition coefficient (Wildman–Crippen LogP) is 1.12. The van der Waals surface area contributed by atoms with E-state index >= 15 is 0 Å². The van der Waals surface area contributed by atoms with Gasteiger partial charge in [0.15, 0.2) is 0 Å². The summed E-state index contributed by atoms with van der Waals surface area (Å²) >= 11 is 6.06. The van der Waals surface area contributed by atoms with E-state index in [2.05, 4.69) is 10.4 Å². The van der Waals surface area contributed by atoms with Gasteiger partial charge in [-0.05, 0) is 6.92 Å². The van der Waals surface area contributed by atoms with Crippen LogP contribution in [0.25, 0.3) is 0 Å². The topological polar surface area (TPSA) is 39.1 Å². The molecule has 0 unspecified atom stereocenters. The molecule has 80 valence electrons. The molecule has 0 radical (unpaired) electrons. The summed E-state index contributed by atoms with van der Waals surface area (Å²) in [6, 6.07) is 0. The highest BCUT2D eigenvalue weighted by Crippen LogP contribution is 2.17. The molecule has 0 spiro atoms. The van der Waals surface area contributed by atoms with Gasteiger partial charge in [-0.3, -0.25) is 4.68 Å². The zero-order valence-electron chi connectivity index (χ0n) is 8.80. The Balaban J connectivity index is 2.49. The Labute approximate surface area is 89.2 Å². The average molecular weight is 218 g/mol. The molecule has 1 heterocycles. The first-order chi connectivity index (χ1) is 6.66. The van der Waals surface area contributed by atoms with Crippen molar-refractivity contribution in [2.45, 2.75) is 13.5 Å². The van der Waals surface area contributed by atoms with Gasteiger partial charge in [-0.15, -0.1) is 0 Å². The number of aromatic nitrogens is 2. The minimum absolute atomic E-state index is 0.701. The quantitative estimate of drug-likeness (QED) is 0.752. The van der Waals surface area contributed by atoms with E-state index in [-0.39, 0.29) is 0 Å². The summed E-state index contributed by atoms with van der Waals surface area (Å²) in [5.41, 5.74) is 2.03. The van der Waals surface area contributed by atoms with Crippen LogP contribution in [-0.4, -0.2) is 30.0 Å². The fourth-order valence-corrected chi connectivity index (χ4v) is 1.50. The Kier molecular flexibility index (Phi) is 4.38. The molecule has 1 aromatic rings. The number of hydrogen-bond acceptors (Lipinski definition) is 3. The molecule has 14 heavy (non-hydrogen) atoms.